The predicted octanol–water partition coefficient (Wildman–Crippen LogP) is 0.871. The smallest absolute Gasteiger partial charge is 0.255 e. The molecule has 1 aromatic carbocycles. The van der Waals surface area contributed by atoms with E-state index in [1.165, 1.54) is 6.07 Å². The van der Waals surface area contributed by atoms with Gasteiger partial charge in [-0.05, 0) is 12.5 Å². The fraction of sp³-hybridized carbons (Fsp3) is 0.333. The van der Waals surface area contributed by atoms with Gasteiger partial charge in [-0.25, -0.2) is 17.8 Å². The SMILES string of the molecule is CS(=O)(=O)c1nc2c(c(=O)[nH]1)CCN(Cc1ccccc1F)C2. The van der Waals surface area contributed by atoms with Gasteiger partial charge in [0, 0.05) is 37.0 Å². The van der Waals surface area contributed by atoms with Gasteiger partial charge in [-0.1, -0.05) is 18.2 Å². The second-order valence-corrected chi connectivity index (χ2v) is 7.55. The number of benzene rings is 1. The van der Waals surface area contributed by atoms with Gasteiger partial charge in [0.2, 0.25) is 15.0 Å². The second-order valence-electron chi connectivity index (χ2n) is 5.62. The first kappa shape index (κ1) is 15.8. The summed E-state index contributed by atoms with van der Waals surface area (Å²) in [6.07, 6.45) is 1.45. The van der Waals surface area contributed by atoms with Crippen LogP contribution in [0.15, 0.2) is 34.2 Å². The molecule has 3 rings (SSSR count). The van der Waals surface area contributed by atoms with Crippen LogP contribution in [0.25, 0.3) is 0 Å². The summed E-state index contributed by atoms with van der Waals surface area (Å²) >= 11 is 0. The number of nitrogens with zero attached hydrogens (tertiary/aromatic N) is 2. The maximum atomic E-state index is 13.7. The van der Waals surface area contributed by atoms with Crippen molar-refractivity contribution in [1.29, 1.82) is 0 Å². The Hall–Kier alpha value is -2.06. The Labute approximate surface area is 132 Å². The molecule has 1 aliphatic heterocycles. The quantitative estimate of drug-likeness (QED) is 0.841. The number of nitrogens with one attached hydrogen (secondary N) is 1. The molecule has 8 heteroatoms. The number of sulfone groups is 1. The van der Waals surface area contributed by atoms with Crippen molar-refractivity contribution >= 4 is 9.84 Å². The third-order valence-electron chi connectivity index (χ3n) is 3.83. The molecule has 23 heavy (non-hydrogen) atoms. The van der Waals surface area contributed by atoms with Gasteiger partial charge in [0.25, 0.3) is 5.56 Å². The van der Waals surface area contributed by atoms with E-state index in [0.717, 1.165) is 6.26 Å². The molecule has 1 aromatic heterocycles. The van der Waals surface area contributed by atoms with Crippen molar-refractivity contribution in [2.45, 2.75) is 24.7 Å². The first-order valence-corrected chi connectivity index (χ1v) is 9.01. The zero-order chi connectivity index (χ0) is 16.6. The van der Waals surface area contributed by atoms with E-state index >= 15 is 0 Å². The van der Waals surface area contributed by atoms with Crippen molar-refractivity contribution in [3.05, 3.63) is 57.3 Å². The van der Waals surface area contributed by atoms with E-state index < -0.39 is 15.4 Å². The van der Waals surface area contributed by atoms with Gasteiger partial charge in [0.1, 0.15) is 5.82 Å². The Bertz CT molecular complexity index is 908. The molecule has 0 unspecified atom stereocenters. The summed E-state index contributed by atoms with van der Waals surface area (Å²) in [5.41, 5.74) is 1.09. The highest BCUT2D eigenvalue weighted by Gasteiger charge is 2.23. The number of rotatable bonds is 3. The van der Waals surface area contributed by atoms with Crippen molar-refractivity contribution < 1.29 is 12.8 Å². The van der Waals surface area contributed by atoms with Crippen molar-refractivity contribution in [2.24, 2.45) is 0 Å². The Balaban J connectivity index is 1.90. The summed E-state index contributed by atoms with van der Waals surface area (Å²) in [6.45, 7) is 1.29. The molecular weight excluding hydrogens is 321 g/mol. The minimum Gasteiger partial charge on any atom is -0.297 e. The summed E-state index contributed by atoms with van der Waals surface area (Å²) in [4.78, 5) is 20.4. The van der Waals surface area contributed by atoms with Crippen LogP contribution in [0.2, 0.25) is 0 Å². The molecule has 0 radical (unpaired) electrons. The van der Waals surface area contributed by atoms with Crippen molar-refractivity contribution in [1.82, 2.24) is 14.9 Å². The van der Waals surface area contributed by atoms with Gasteiger partial charge in [0.05, 0.1) is 5.69 Å². The molecule has 2 heterocycles. The lowest BCUT2D eigenvalue weighted by atomic mass is 10.1. The second kappa shape index (κ2) is 5.86. The van der Waals surface area contributed by atoms with Crippen molar-refractivity contribution in [3.8, 4) is 0 Å². The average molecular weight is 337 g/mol. The van der Waals surface area contributed by atoms with Crippen LogP contribution < -0.4 is 5.56 Å². The molecule has 0 bridgehead atoms. The minimum absolute atomic E-state index is 0.283. The van der Waals surface area contributed by atoms with Gasteiger partial charge >= 0.3 is 0 Å². The van der Waals surface area contributed by atoms with Crippen LogP contribution in [0, 0.1) is 5.82 Å². The minimum atomic E-state index is -3.59. The largest absolute Gasteiger partial charge is 0.297 e. The highest BCUT2D eigenvalue weighted by Crippen LogP contribution is 2.18. The third-order valence-corrected chi connectivity index (χ3v) is 4.73. The van der Waals surface area contributed by atoms with Crippen LogP contribution in [-0.2, 0) is 29.3 Å². The number of aromatic amines is 1. The van der Waals surface area contributed by atoms with E-state index in [2.05, 4.69) is 9.97 Å². The fourth-order valence-electron chi connectivity index (χ4n) is 2.65. The van der Waals surface area contributed by atoms with Crippen molar-refractivity contribution in [3.63, 3.8) is 0 Å². The molecule has 0 spiro atoms. The Morgan fingerprint density at radius 3 is 2.78 bits per heavy atom. The van der Waals surface area contributed by atoms with Crippen LogP contribution in [0.4, 0.5) is 4.39 Å². The summed E-state index contributed by atoms with van der Waals surface area (Å²) in [5.74, 6) is -0.283. The van der Waals surface area contributed by atoms with Gasteiger partial charge in [-0.2, -0.15) is 0 Å². The summed E-state index contributed by atoms with van der Waals surface area (Å²) in [6, 6.07) is 6.50. The van der Waals surface area contributed by atoms with Gasteiger partial charge in [-0.3, -0.25) is 14.7 Å². The topological polar surface area (TPSA) is 83.1 Å². The Morgan fingerprint density at radius 2 is 2.09 bits per heavy atom. The molecular formula is C15H16FN3O3S. The van der Waals surface area contributed by atoms with Crippen LogP contribution in [0.1, 0.15) is 16.8 Å². The van der Waals surface area contributed by atoms with E-state index in [9.17, 15) is 17.6 Å². The van der Waals surface area contributed by atoms with Gasteiger partial charge < -0.3 is 0 Å². The molecule has 0 fully saturated rings. The highest BCUT2D eigenvalue weighted by molar-refractivity contribution is 7.90. The monoisotopic (exact) mass is 337 g/mol. The van der Waals surface area contributed by atoms with Gasteiger partial charge in [-0.15, -0.1) is 0 Å². The number of H-pyrrole nitrogens is 1. The summed E-state index contributed by atoms with van der Waals surface area (Å²) < 4.78 is 36.9. The van der Waals surface area contributed by atoms with Crippen LogP contribution in [0.5, 0.6) is 0 Å². The van der Waals surface area contributed by atoms with E-state index in [1.807, 2.05) is 4.90 Å². The summed E-state index contributed by atoms with van der Waals surface area (Å²) in [7, 11) is -3.59. The van der Waals surface area contributed by atoms with Crippen molar-refractivity contribution in [2.75, 3.05) is 12.8 Å². The highest BCUT2D eigenvalue weighted by atomic mass is 32.2. The molecule has 1 aliphatic rings. The molecule has 122 valence electrons. The molecule has 0 amide bonds. The lowest BCUT2D eigenvalue weighted by molar-refractivity contribution is 0.236. The standard InChI is InChI=1S/C15H16FN3O3S/c1-23(21,22)15-17-13-9-19(7-6-11(13)14(20)18-15)8-10-4-2-3-5-12(10)16/h2-5H,6-9H2,1H3,(H,17,18,20). The Kier molecular flexibility index (Phi) is 4.03. The summed E-state index contributed by atoms with van der Waals surface area (Å²) in [5, 5.41) is -0.325. The number of hydrogen-bond donors (Lipinski definition) is 1. The van der Waals surface area contributed by atoms with Crippen LogP contribution in [-0.4, -0.2) is 36.1 Å². The normalized spacial score (nSPS) is 15.4. The number of halogens is 1. The zero-order valence-electron chi connectivity index (χ0n) is 12.5. The first-order chi connectivity index (χ1) is 10.8. The average Bonchev–Trinajstić information content (AvgIpc) is 2.48. The van der Waals surface area contributed by atoms with Gasteiger partial charge in [0.15, 0.2) is 0 Å². The maximum absolute atomic E-state index is 13.7. The van der Waals surface area contributed by atoms with E-state index in [1.54, 1.807) is 18.2 Å². The Morgan fingerprint density at radius 1 is 1.35 bits per heavy atom. The fourth-order valence-corrected chi connectivity index (χ4v) is 3.20. The predicted molar refractivity (Wildman–Crippen MR) is 82.2 cm³/mol. The van der Waals surface area contributed by atoms with E-state index in [4.69, 9.17) is 0 Å². The van der Waals surface area contributed by atoms with E-state index in [0.29, 0.717) is 42.9 Å². The number of fused-ring (bicyclic) bond motifs is 1. The zero-order valence-corrected chi connectivity index (χ0v) is 13.4. The molecule has 1 N–H and O–H groups in total. The maximum Gasteiger partial charge on any atom is 0.255 e. The van der Waals surface area contributed by atoms with E-state index in [-0.39, 0.29) is 11.0 Å². The number of hydrogen-bond acceptors (Lipinski definition) is 5. The van der Waals surface area contributed by atoms with Crippen LogP contribution >= 0.6 is 0 Å². The molecule has 0 aliphatic carbocycles. The molecule has 0 saturated heterocycles. The van der Waals surface area contributed by atoms with Crippen LogP contribution in [0.3, 0.4) is 0 Å². The lowest BCUT2D eigenvalue weighted by Crippen LogP contribution is -2.35. The molecule has 2 aromatic rings. The lowest BCUT2D eigenvalue weighted by Gasteiger charge is -2.27. The third kappa shape index (κ3) is 3.32. The molecule has 0 atom stereocenters. The molecule has 0 saturated carbocycles. The number of aromatic nitrogens is 2. The first-order valence-electron chi connectivity index (χ1n) is 7.12. The molecule has 6 nitrogen and oxygen atoms in total.